The van der Waals surface area contributed by atoms with E-state index in [1.807, 2.05) is 0 Å². The summed E-state index contributed by atoms with van der Waals surface area (Å²) in [6.45, 7) is 0. The molecule has 1 amide bonds. The Kier molecular flexibility index (Phi) is 4.30. The van der Waals surface area contributed by atoms with E-state index >= 15 is 0 Å². The molecule has 0 heterocycles. The molecule has 1 N–H and O–H groups in total. The van der Waals surface area contributed by atoms with Crippen molar-refractivity contribution in [2.24, 2.45) is 4.99 Å². The molecule has 0 rings (SSSR count). The van der Waals surface area contributed by atoms with E-state index in [0.717, 1.165) is 0 Å². The van der Waals surface area contributed by atoms with Crippen LogP contribution in [0.15, 0.2) is 4.99 Å². The first-order valence-electron chi connectivity index (χ1n) is 2.29. The molecule has 0 saturated carbocycles. The second-order valence-corrected chi connectivity index (χ2v) is 1.20. The zero-order chi connectivity index (χ0) is 7.11. The smallest absolute Gasteiger partial charge is 0.431 e. The summed E-state index contributed by atoms with van der Waals surface area (Å²) in [7, 11) is 0. The summed E-state index contributed by atoms with van der Waals surface area (Å²) in [5.41, 5.74) is 0. The van der Waals surface area contributed by atoms with Crippen molar-refractivity contribution in [2.45, 2.75) is 12.8 Å². The van der Waals surface area contributed by atoms with Crippen molar-refractivity contribution in [1.29, 1.82) is 0 Å². The molecule has 4 nitrogen and oxygen atoms in total. The summed E-state index contributed by atoms with van der Waals surface area (Å²) in [4.78, 5) is 22.0. The summed E-state index contributed by atoms with van der Waals surface area (Å²) in [5.74, 6) is 0. The average Bonchev–Trinajstić information content (AvgIpc) is 1.80. The molecule has 0 spiro atoms. The van der Waals surface area contributed by atoms with Gasteiger partial charge in [-0.3, -0.25) is 4.79 Å². The van der Waals surface area contributed by atoms with Crippen molar-refractivity contribution < 1.29 is 14.7 Å². The molecular weight excluding hydrogens is 122 g/mol. The van der Waals surface area contributed by atoms with Crippen molar-refractivity contribution in [1.82, 2.24) is 0 Å². The zero-order valence-corrected chi connectivity index (χ0v) is 4.63. The fourth-order valence-electron chi connectivity index (χ4n) is 0.230. The number of hydrogen-bond donors (Lipinski definition) is 1. The standard InChI is InChI=1S/C5H5NO3/c7-4-2-1-3-6-5(8)9/h1-2H2,(H,8,9). The Balaban J connectivity index is 3.24. The van der Waals surface area contributed by atoms with E-state index in [-0.39, 0.29) is 12.8 Å². The Morgan fingerprint density at radius 2 is 2.22 bits per heavy atom. The van der Waals surface area contributed by atoms with Crippen LogP contribution in [-0.2, 0) is 4.79 Å². The summed E-state index contributed by atoms with van der Waals surface area (Å²) < 4.78 is 0. The van der Waals surface area contributed by atoms with E-state index in [4.69, 9.17) is 5.11 Å². The predicted molar refractivity (Wildman–Crippen MR) is 30.4 cm³/mol. The largest absolute Gasteiger partial charge is 0.463 e. The fraction of sp³-hybridized carbons (Fsp3) is 0.400. The second kappa shape index (κ2) is 4.96. The van der Waals surface area contributed by atoms with E-state index < -0.39 is 6.09 Å². The van der Waals surface area contributed by atoms with Gasteiger partial charge in [-0.1, -0.05) is 0 Å². The number of unbranched alkanes of at least 4 members (excludes halogenated alkanes) is 1. The van der Waals surface area contributed by atoms with Crippen LogP contribution in [0, 0.1) is 0 Å². The molecular formula is C5H5NO3. The quantitative estimate of drug-likeness (QED) is 0.443. The van der Waals surface area contributed by atoms with Crippen molar-refractivity contribution in [3.63, 3.8) is 0 Å². The molecule has 0 saturated heterocycles. The number of nitrogens with zero attached hydrogens (tertiary/aromatic N) is 1. The molecule has 4 heteroatoms. The number of carbonyl (C=O) groups is 1. The fourth-order valence-corrected chi connectivity index (χ4v) is 0.230. The maximum absolute atomic E-state index is 9.63. The van der Waals surface area contributed by atoms with Crippen molar-refractivity contribution in [2.75, 3.05) is 0 Å². The van der Waals surface area contributed by atoms with Crippen LogP contribution in [0.1, 0.15) is 12.8 Å². The third-order valence-electron chi connectivity index (χ3n) is 0.514. The summed E-state index contributed by atoms with van der Waals surface area (Å²) in [6, 6.07) is 0. The Morgan fingerprint density at radius 1 is 1.56 bits per heavy atom. The minimum atomic E-state index is -1.29. The number of amides is 1. The van der Waals surface area contributed by atoms with Crippen molar-refractivity contribution in [3.05, 3.63) is 0 Å². The van der Waals surface area contributed by atoms with E-state index in [2.05, 4.69) is 11.2 Å². The Hall–Kier alpha value is -1.19. The minimum absolute atomic E-state index is 0.150. The van der Waals surface area contributed by atoms with E-state index in [1.165, 1.54) is 0 Å². The number of aliphatic imine (C=N–C) groups is 1. The molecule has 0 aromatic heterocycles. The first kappa shape index (κ1) is 7.81. The minimum Gasteiger partial charge on any atom is -0.463 e. The second-order valence-electron chi connectivity index (χ2n) is 1.20. The summed E-state index contributed by atoms with van der Waals surface area (Å²) in [5, 5.41) is 7.89. The molecule has 0 atom stereocenters. The van der Waals surface area contributed by atoms with Gasteiger partial charge in [0.25, 0.3) is 0 Å². The first-order valence-corrected chi connectivity index (χ1v) is 2.29. The van der Waals surface area contributed by atoms with Crippen LogP contribution < -0.4 is 0 Å². The van der Waals surface area contributed by atoms with Crippen LogP contribution >= 0.6 is 0 Å². The molecule has 0 aliphatic heterocycles. The maximum atomic E-state index is 9.63. The lowest BCUT2D eigenvalue weighted by Crippen LogP contribution is -1.86. The van der Waals surface area contributed by atoms with E-state index in [9.17, 15) is 9.59 Å². The third kappa shape index (κ3) is 6.81. The molecule has 0 bridgehead atoms. The topological polar surface area (TPSA) is 66.7 Å². The predicted octanol–water partition coefficient (Wildman–Crippen LogP) is 0.502. The van der Waals surface area contributed by atoms with Gasteiger partial charge >= 0.3 is 6.09 Å². The molecule has 0 aliphatic rings. The van der Waals surface area contributed by atoms with Crippen LogP contribution in [0.25, 0.3) is 0 Å². The number of carbonyl (C=O) groups excluding carboxylic acids is 1. The van der Waals surface area contributed by atoms with Gasteiger partial charge in [-0.05, 0) is 6.42 Å². The van der Waals surface area contributed by atoms with Gasteiger partial charge in [0, 0.05) is 6.42 Å². The highest BCUT2D eigenvalue weighted by Crippen LogP contribution is 1.79. The van der Waals surface area contributed by atoms with Crippen LogP contribution in [0.4, 0.5) is 4.79 Å². The van der Waals surface area contributed by atoms with Gasteiger partial charge in [0.1, 0.15) is 0 Å². The lowest BCUT2D eigenvalue weighted by atomic mass is 10.4. The molecule has 0 aromatic carbocycles. The highest BCUT2D eigenvalue weighted by Gasteiger charge is 1.85. The number of carboxylic acid groups (broad SMARTS) is 1. The SMILES string of the molecule is O=[C]CC/[C]=N/C(=O)O. The normalized spacial score (nSPS) is 9.78. The molecule has 0 aromatic rings. The molecule has 2 radical (unpaired) electrons. The lowest BCUT2D eigenvalue weighted by Gasteiger charge is -1.76. The lowest BCUT2D eigenvalue weighted by molar-refractivity contribution is 0.206. The van der Waals surface area contributed by atoms with Gasteiger partial charge in [-0.15, -0.1) is 0 Å². The molecule has 0 unspecified atom stereocenters. The molecule has 9 heavy (non-hydrogen) atoms. The molecule has 0 fully saturated rings. The van der Waals surface area contributed by atoms with E-state index in [0.29, 0.717) is 0 Å². The average molecular weight is 127 g/mol. The van der Waals surface area contributed by atoms with Gasteiger partial charge in [0.15, 0.2) is 6.29 Å². The van der Waals surface area contributed by atoms with Crippen molar-refractivity contribution >= 4 is 18.6 Å². The van der Waals surface area contributed by atoms with Gasteiger partial charge < -0.3 is 5.11 Å². The Labute approximate surface area is 52.2 Å². The molecule has 48 valence electrons. The maximum Gasteiger partial charge on any atom is 0.431 e. The zero-order valence-electron chi connectivity index (χ0n) is 4.63. The number of hydrogen-bond acceptors (Lipinski definition) is 2. The highest BCUT2D eigenvalue weighted by molar-refractivity contribution is 5.78. The highest BCUT2D eigenvalue weighted by atomic mass is 16.4. The van der Waals surface area contributed by atoms with Gasteiger partial charge in [-0.25, -0.2) is 4.79 Å². The van der Waals surface area contributed by atoms with Gasteiger partial charge in [0.2, 0.25) is 0 Å². The van der Waals surface area contributed by atoms with Crippen molar-refractivity contribution in [3.8, 4) is 0 Å². The van der Waals surface area contributed by atoms with Crippen LogP contribution in [0.2, 0.25) is 0 Å². The number of rotatable bonds is 3. The Bertz CT molecular complexity index is 130. The van der Waals surface area contributed by atoms with E-state index in [1.54, 1.807) is 6.29 Å². The summed E-state index contributed by atoms with van der Waals surface area (Å²) >= 11 is 0. The monoisotopic (exact) mass is 127 g/mol. The van der Waals surface area contributed by atoms with Crippen LogP contribution in [0.3, 0.4) is 0 Å². The molecule has 0 aliphatic carbocycles. The van der Waals surface area contributed by atoms with Gasteiger partial charge in [0.05, 0.1) is 6.21 Å². The van der Waals surface area contributed by atoms with Crippen LogP contribution in [0.5, 0.6) is 0 Å². The van der Waals surface area contributed by atoms with Gasteiger partial charge in [-0.2, -0.15) is 4.99 Å². The summed E-state index contributed by atoms with van der Waals surface area (Å²) in [6.07, 6.45) is 2.80. The Morgan fingerprint density at radius 3 is 2.67 bits per heavy atom. The van der Waals surface area contributed by atoms with Crippen LogP contribution in [-0.4, -0.2) is 23.7 Å². The third-order valence-corrected chi connectivity index (χ3v) is 0.514. The first-order chi connectivity index (χ1) is 4.27.